The van der Waals surface area contributed by atoms with E-state index >= 15 is 0 Å². The second kappa shape index (κ2) is 10.6. The molecular weight excluding hydrogens is 438 g/mol. The highest BCUT2D eigenvalue weighted by Crippen LogP contribution is 2.37. The molecule has 2 aliphatic rings. The van der Waals surface area contributed by atoms with E-state index in [1.165, 1.54) is 0 Å². The van der Waals surface area contributed by atoms with Gasteiger partial charge in [0.15, 0.2) is 0 Å². The van der Waals surface area contributed by atoms with Crippen LogP contribution in [0, 0.1) is 12.3 Å². The average Bonchev–Trinajstić information content (AvgIpc) is 2.83. The number of fused-ring (bicyclic) bond motifs is 1. The van der Waals surface area contributed by atoms with Gasteiger partial charge in [-0.1, -0.05) is 36.9 Å². The summed E-state index contributed by atoms with van der Waals surface area (Å²) in [6.45, 7) is 4.43. The number of aryl methyl sites for hydroxylation is 1. The van der Waals surface area contributed by atoms with Crippen molar-refractivity contribution in [3.05, 3.63) is 58.4 Å². The second-order valence-corrected chi connectivity index (χ2v) is 9.73. The molecule has 1 spiro atoms. The Hall–Kier alpha value is -2.60. The van der Waals surface area contributed by atoms with Gasteiger partial charge in [0.1, 0.15) is 11.4 Å². The van der Waals surface area contributed by atoms with E-state index in [4.69, 9.17) is 16.3 Å². The van der Waals surface area contributed by atoms with Crippen LogP contribution >= 0.6 is 11.6 Å². The zero-order chi connectivity index (χ0) is 23.3. The van der Waals surface area contributed by atoms with Crippen LogP contribution in [0.5, 0.6) is 5.75 Å². The smallest absolute Gasteiger partial charge is 0.272 e. The lowest BCUT2D eigenvalue weighted by atomic mass is 9.74. The van der Waals surface area contributed by atoms with Gasteiger partial charge >= 0.3 is 0 Å². The van der Waals surface area contributed by atoms with E-state index in [1.54, 1.807) is 24.3 Å². The Labute approximate surface area is 200 Å². The van der Waals surface area contributed by atoms with Crippen molar-refractivity contribution in [3.63, 3.8) is 0 Å². The van der Waals surface area contributed by atoms with Gasteiger partial charge in [0.05, 0.1) is 12.2 Å². The molecule has 4 rings (SSSR count). The molecule has 176 valence electrons. The highest BCUT2D eigenvalue weighted by atomic mass is 35.5. The molecule has 0 radical (unpaired) electrons. The average molecular weight is 470 g/mol. The summed E-state index contributed by atoms with van der Waals surface area (Å²) < 4.78 is 5.88. The lowest BCUT2D eigenvalue weighted by Gasteiger charge is -2.42. The van der Waals surface area contributed by atoms with E-state index in [0.717, 1.165) is 50.6 Å². The molecule has 0 aliphatic carbocycles. The molecule has 0 bridgehead atoms. The molecule has 1 aromatic carbocycles. The van der Waals surface area contributed by atoms with Gasteiger partial charge in [-0.15, -0.1) is 0 Å². The molecule has 2 aliphatic heterocycles. The minimum atomic E-state index is -0.159. The number of amides is 2. The van der Waals surface area contributed by atoms with E-state index in [9.17, 15) is 9.59 Å². The van der Waals surface area contributed by atoms with Crippen molar-refractivity contribution in [2.75, 3.05) is 26.2 Å². The molecule has 1 fully saturated rings. The number of rotatable bonds is 1. The SMILES string of the molecule is Cc1cccc(C(=O)N2CCC3(CCCCCCOc4ccc(Cl)cc4C(=O)NC3)CC2)n1. The van der Waals surface area contributed by atoms with E-state index in [1.807, 2.05) is 24.0 Å². The Morgan fingerprint density at radius 3 is 2.67 bits per heavy atom. The number of nitrogens with one attached hydrogen (secondary N) is 1. The van der Waals surface area contributed by atoms with E-state index < -0.39 is 0 Å². The first-order valence-electron chi connectivity index (χ1n) is 11.9. The quantitative estimate of drug-likeness (QED) is 0.635. The second-order valence-electron chi connectivity index (χ2n) is 9.29. The highest BCUT2D eigenvalue weighted by Gasteiger charge is 2.36. The topological polar surface area (TPSA) is 71.5 Å². The number of aromatic nitrogens is 1. The van der Waals surface area contributed by atoms with Crippen LogP contribution in [-0.4, -0.2) is 47.9 Å². The van der Waals surface area contributed by atoms with Gasteiger partial charge in [-0.2, -0.15) is 0 Å². The summed E-state index contributed by atoms with van der Waals surface area (Å²) in [5.74, 6) is 0.410. The maximum Gasteiger partial charge on any atom is 0.272 e. The van der Waals surface area contributed by atoms with Crippen LogP contribution in [0.3, 0.4) is 0 Å². The molecule has 2 aromatic rings. The zero-order valence-electron chi connectivity index (χ0n) is 19.2. The predicted octanol–water partition coefficient (Wildman–Crippen LogP) is 5.04. The fraction of sp³-hybridized carbons (Fsp3) is 0.500. The normalized spacial score (nSPS) is 19.3. The Kier molecular flexibility index (Phi) is 7.53. The Morgan fingerprint density at radius 2 is 1.88 bits per heavy atom. The molecule has 2 amide bonds. The fourth-order valence-electron chi connectivity index (χ4n) is 4.83. The van der Waals surface area contributed by atoms with Crippen LogP contribution in [-0.2, 0) is 0 Å². The van der Waals surface area contributed by atoms with Gasteiger partial charge in [-0.25, -0.2) is 4.98 Å². The van der Waals surface area contributed by atoms with Crippen LogP contribution in [0.4, 0.5) is 0 Å². The molecule has 1 aromatic heterocycles. The Bertz CT molecular complexity index is 1000. The van der Waals surface area contributed by atoms with Crippen molar-refractivity contribution in [1.29, 1.82) is 0 Å². The van der Waals surface area contributed by atoms with Gasteiger partial charge in [-0.3, -0.25) is 9.59 Å². The first kappa shape index (κ1) is 23.6. The van der Waals surface area contributed by atoms with Crippen molar-refractivity contribution in [2.45, 2.75) is 51.9 Å². The third kappa shape index (κ3) is 5.85. The number of benzene rings is 1. The van der Waals surface area contributed by atoms with E-state index in [0.29, 0.717) is 48.3 Å². The van der Waals surface area contributed by atoms with Gasteiger partial charge in [-0.05, 0) is 68.4 Å². The molecule has 1 N–H and O–H groups in total. The van der Waals surface area contributed by atoms with Gasteiger partial charge in [0.2, 0.25) is 0 Å². The number of pyridine rings is 1. The standard InChI is InChI=1S/C26H32ClN3O3/c1-19-7-6-8-22(29-19)25(32)30-14-12-26(13-15-30)11-4-2-3-5-16-33-23-10-9-20(27)17-21(23)24(31)28-18-26/h6-10,17H,2-5,11-16,18H2,1H3,(H,28,31). The van der Waals surface area contributed by atoms with Crippen molar-refractivity contribution in [1.82, 2.24) is 15.2 Å². The number of carbonyl (C=O) groups excluding carboxylic acids is 2. The Balaban J connectivity index is 1.47. The molecular formula is C26H32ClN3O3. The van der Waals surface area contributed by atoms with Crippen LogP contribution in [0.1, 0.15) is 71.5 Å². The van der Waals surface area contributed by atoms with Crippen LogP contribution in [0.15, 0.2) is 36.4 Å². The van der Waals surface area contributed by atoms with Crippen LogP contribution < -0.4 is 10.1 Å². The molecule has 0 atom stereocenters. The summed E-state index contributed by atoms with van der Waals surface area (Å²) >= 11 is 6.16. The largest absolute Gasteiger partial charge is 0.493 e. The third-order valence-corrected chi connectivity index (χ3v) is 7.12. The molecule has 1 saturated heterocycles. The van der Waals surface area contributed by atoms with Gasteiger partial charge in [0.25, 0.3) is 11.8 Å². The van der Waals surface area contributed by atoms with Crippen molar-refractivity contribution in [2.24, 2.45) is 5.41 Å². The molecule has 3 heterocycles. The number of hydrogen-bond donors (Lipinski definition) is 1. The molecule has 0 unspecified atom stereocenters. The molecule has 33 heavy (non-hydrogen) atoms. The zero-order valence-corrected chi connectivity index (χ0v) is 20.0. The molecule has 6 nitrogen and oxygen atoms in total. The van der Waals surface area contributed by atoms with Crippen molar-refractivity contribution in [3.8, 4) is 5.75 Å². The number of hydrogen-bond acceptors (Lipinski definition) is 4. The maximum absolute atomic E-state index is 13.1. The number of carbonyl (C=O) groups is 2. The maximum atomic E-state index is 13.1. The molecule has 7 heteroatoms. The fourth-order valence-corrected chi connectivity index (χ4v) is 5.00. The van der Waals surface area contributed by atoms with Gasteiger partial charge < -0.3 is 15.0 Å². The van der Waals surface area contributed by atoms with E-state index in [-0.39, 0.29) is 17.2 Å². The number of nitrogens with zero attached hydrogens (tertiary/aromatic N) is 2. The summed E-state index contributed by atoms with van der Waals surface area (Å²) in [7, 11) is 0. The minimum Gasteiger partial charge on any atom is -0.493 e. The van der Waals surface area contributed by atoms with E-state index in [2.05, 4.69) is 10.3 Å². The Morgan fingerprint density at radius 1 is 1.09 bits per heavy atom. The monoisotopic (exact) mass is 469 g/mol. The summed E-state index contributed by atoms with van der Waals surface area (Å²) in [5, 5.41) is 3.67. The number of ether oxygens (including phenoxy) is 1. The number of piperidine rings is 1. The molecule has 0 saturated carbocycles. The minimum absolute atomic E-state index is 0.0112. The third-order valence-electron chi connectivity index (χ3n) is 6.89. The summed E-state index contributed by atoms with van der Waals surface area (Å²) in [4.78, 5) is 32.3. The van der Waals surface area contributed by atoms with Gasteiger partial charge in [0, 0.05) is 30.4 Å². The first-order valence-corrected chi connectivity index (χ1v) is 12.3. The van der Waals surface area contributed by atoms with Crippen LogP contribution in [0.25, 0.3) is 0 Å². The first-order chi connectivity index (χ1) is 16.0. The predicted molar refractivity (Wildman–Crippen MR) is 129 cm³/mol. The highest BCUT2D eigenvalue weighted by molar-refractivity contribution is 6.31. The van der Waals surface area contributed by atoms with Crippen molar-refractivity contribution >= 4 is 23.4 Å². The lowest BCUT2D eigenvalue weighted by molar-refractivity contribution is 0.0531. The number of halogens is 1. The summed E-state index contributed by atoms with van der Waals surface area (Å²) in [5.41, 5.74) is 1.81. The lowest BCUT2D eigenvalue weighted by Crippen LogP contribution is -2.48. The number of likely N-dealkylation sites (tertiary alicyclic amines) is 1. The van der Waals surface area contributed by atoms with Crippen molar-refractivity contribution < 1.29 is 14.3 Å². The van der Waals surface area contributed by atoms with Crippen LogP contribution in [0.2, 0.25) is 5.02 Å². The summed E-state index contributed by atoms with van der Waals surface area (Å²) in [6.07, 6.45) is 7.09. The summed E-state index contributed by atoms with van der Waals surface area (Å²) in [6, 6.07) is 10.8.